The zero-order valence-electron chi connectivity index (χ0n) is 13.9. The van der Waals surface area contributed by atoms with Crippen LogP contribution in [0.25, 0.3) is 0 Å². The van der Waals surface area contributed by atoms with E-state index in [4.69, 9.17) is 4.74 Å². The van der Waals surface area contributed by atoms with Crippen molar-refractivity contribution in [3.63, 3.8) is 0 Å². The van der Waals surface area contributed by atoms with Crippen LogP contribution in [0.4, 0.5) is 4.79 Å². The Hall–Kier alpha value is -0.770. The third-order valence-corrected chi connectivity index (χ3v) is 5.19. The molecule has 1 amide bonds. The number of rotatable bonds is 8. The molecule has 0 unspecified atom stereocenters. The van der Waals surface area contributed by atoms with Crippen LogP contribution in [-0.2, 0) is 4.74 Å². The second-order valence-corrected chi connectivity index (χ2v) is 6.40. The van der Waals surface area contributed by atoms with Gasteiger partial charge in [-0.25, -0.2) is 4.79 Å². The van der Waals surface area contributed by atoms with Gasteiger partial charge in [0.05, 0.1) is 0 Å². The fraction of sp³-hybridized carbons (Fsp3) is 0.938. The van der Waals surface area contributed by atoms with Crippen molar-refractivity contribution in [2.45, 2.75) is 47.5 Å². The standard InChI is InChI=1S/C16H32N2O2/c1-6-13-11-14(16(13,4)5)12-17-15(19)20-10-9-18(7-2)8-3/h13-14H,6-12H2,1-5H3,(H,17,19)/t13-,14-/m0/s1. The van der Waals surface area contributed by atoms with Gasteiger partial charge in [0.2, 0.25) is 0 Å². The van der Waals surface area contributed by atoms with Crippen LogP contribution in [0, 0.1) is 17.3 Å². The van der Waals surface area contributed by atoms with Crippen LogP contribution in [0.1, 0.15) is 47.5 Å². The SMILES string of the molecule is CC[C@H]1C[C@@H](CNC(=O)OCCN(CC)CC)C1(C)C. The Morgan fingerprint density at radius 3 is 2.40 bits per heavy atom. The first-order valence-corrected chi connectivity index (χ1v) is 8.08. The van der Waals surface area contributed by atoms with Crippen molar-refractivity contribution >= 4 is 6.09 Å². The molecule has 4 nitrogen and oxygen atoms in total. The molecule has 2 atom stereocenters. The Balaban J connectivity index is 2.15. The van der Waals surface area contributed by atoms with Crippen molar-refractivity contribution in [2.75, 3.05) is 32.8 Å². The van der Waals surface area contributed by atoms with Crippen molar-refractivity contribution in [1.29, 1.82) is 0 Å². The molecular formula is C16H32N2O2. The van der Waals surface area contributed by atoms with Crippen molar-refractivity contribution < 1.29 is 9.53 Å². The summed E-state index contributed by atoms with van der Waals surface area (Å²) in [4.78, 5) is 13.9. The van der Waals surface area contributed by atoms with Crippen LogP contribution in [0.5, 0.6) is 0 Å². The molecule has 1 fully saturated rings. The molecule has 1 N–H and O–H groups in total. The largest absolute Gasteiger partial charge is 0.448 e. The molecule has 4 heteroatoms. The first kappa shape index (κ1) is 17.3. The fourth-order valence-corrected chi connectivity index (χ4v) is 3.23. The lowest BCUT2D eigenvalue weighted by Crippen LogP contribution is -2.49. The summed E-state index contributed by atoms with van der Waals surface area (Å²) in [6.07, 6.45) is 2.19. The molecule has 0 aromatic rings. The highest BCUT2D eigenvalue weighted by molar-refractivity contribution is 5.67. The van der Waals surface area contributed by atoms with E-state index in [1.54, 1.807) is 0 Å². The molecule has 0 aromatic carbocycles. The number of alkyl carbamates (subject to hydrolysis) is 1. The maximum absolute atomic E-state index is 11.7. The predicted molar refractivity (Wildman–Crippen MR) is 82.8 cm³/mol. The van der Waals surface area contributed by atoms with Crippen LogP contribution in [0.15, 0.2) is 0 Å². The Morgan fingerprint density at radius 1 is 1.25 bits per heavy atom. The van der Waals surface area contributed by atoms with Crippen LogP contribution >= 0.6 is 0 Å². The summed E-state index contributed by atoms with van der Waals surface area (Å²) in [5, 5.41) is 2.91. The smallest absolute Gasteiger partial charge is 0.407 e. The third kappa shape index (κ3) is 4.37. The lowest BCUT2D eigenvalue weighted by molar-refractivity contribution is -0.0210. The van der Waals surface area contributed by atoms with Gasteiger partial charge in [-0.15, -0.1) is 0 Å². The summed E-state index contributed by atoms with van der Waals surface area (Å²) in [7, 11) is 0. The van der Waals surface area contributed by atoms with Crippen molar-refractivity contribution in [2.24, 2.45) is 17.3 Å². The number of likely N-dealkylation sites (N-methyl/N-ethyl adjacent to an activating group) is 1. The van der Waals surface area contributed by atoms with E-state index in [1.807, 2.05) is 0 Å². The lowest BCUT2D eigenvalue weighted by atomic mass is 9.54. The molecule has 0 aliphatic heterocycles. The lowest BCUT2D eigenvalue weighted by Gasteiger charge is -2.52. The van der Waals surface area contributed by atoms with E-state index in [0.29, 0.717) is 17.9 Å². The van der Waals surface area contributed by atoms with Crippen LogP contribution < -0.4 is 5.32 Å². The molecule has 1 saturated carbocycles. The van der Waals surface area contributed by atoms with E-state index in [0.717, 1.165) is 32.1 Å². The maximum atomic E-state index is 11.7. The van der Waals surface area contributed by atoms with Gasteiger partial charge in [0, 0.05) is 13.1 Å². The molecule has 0 spiro atoms. The molecule has 1 aliphatic carbocycles. The summed E-state index contributed by atoms with van der Waals surface area (Å²) in [5.41, 5.74) is 0.350. The van der Waals surface area contributed by atoms with Gasteiger partial charge in [-0.2, -0.15) is 0 Å². The van der Waals surface area contributed by atoms with Gasteiger partial charge in [0.1, 0.15) is 6.61 Å². The third-order valence-electron chi connectivity index (χ3n) is 5.19. The Bertz CT molecular complexity index is 301. The zero-order valence-corrected chi connectivity index (χ0v) is 13.9. The van der Waals surface area contributed by atoms with E-state index < -0.39 is 0 Å². The number of carbonyl (C=O) groups is 1. The zero-order chi connectivity index (χ0) is 15.2. The topological polar surface area (TPSA) is 41.6 Å². The quantitative estimate of drug-likeness (QED) is 0.744. The summed E-state index contributed by atoms with van der Waals surface area (Å²) < 4.78 is 5.22. The molecular weight excluding hydrogens is 252 g/mol. The van der Waals surface area contributed by atoms with E-state index in [9.17, 15) is 4.79 Å². The minimum atomic E-state index is -0.270. The van der Waals surface area contributed by atoms with Crippen LogP contribution in [0.2, 0.25) is 0 Å². The summed E-state index contributed by atoms with van der Waals surface area (Å²) in [6.45, 7) is 15.1. The maximum Gasteiger partial charge on any atom is 0.407 e. The highest BCUT2D eigenvalue weighted by Gasteiger charge is 2.46. The molecule has 1 rings (SSSR count). The van der Waals surface area contributed by atoms with Gasteiger partial charge in [0.25, 0.3) is 0 Å². The van der Waals surface area contributed by atoms with Gasteiger partial charge in [-0.1, -0.05) is 41.0 Å². The van der Waals surface area contributed by atoms with E-state index in [2.05, 4.69) is 44.8 Å². The predicted octanol–water partition coefficient (Wildman–Crippen LogP) is 3.13. The average molecular weight is 284 g/mol. The first-order valence-electron chi connectivity index (χ1n) is 8.08. The number of ether oxygens (including phenoxy) is 1. The average Bonchev–Trinajstić information content (AvgIpc) is 2.42. The number of hydrogen-bond donors (Lipinski definition) is 1. The summed E-state index contributed by atoms with van der Waals surface area (Å²) in [6, 6.07) is 0. The molecule has 0 saturated heterocycles. The highest BCUT2D eigenvalue weighted by atomic mass is 16.5. The normalized spacial score (nSPS) is 24.3. The van der Waals surface area contributed by atoms with Gasteiger partial charge in [-0.05, 0) is 36.8 Å². The molecule has 118 valence electrons. The molecule has 0 radical (unpaired) electrons. The number of nitrogens with one attached hydrogen (secondary N) is 1. The van der Waals surface area contributed by atoms with Crippen LogP contribution in [-0.4, -0.2) is 43.8 Å². The minimum absolute atomic E-state index is 0.270. The summed E-state index contributed by atoms with van der Waals surface area (Å²) in [5.74, 6) is 1.38. The van der Waals surface area contributed by atoms with Gasteiger partial charge in [0.15, 0.2) is 0 Å². The fourth-order valence-electron chi connectivity index (χ4n) is 3.23. The molecule has 0 aromatic heterocycles. The van der Waals surface area contributed by atoms with Crippen molar-refractivity contribution in [1.82, 2.24) is 10.2 Å². The first-order chi connectivity index (χ1) is 9.45. The van der Waals surface area contributed by atoms with E-state index in [-0.39, 0.29) is 6.09 Å². The monoisotopic (exact) mass is 284 g/mol. The molecule has 1 aliphatic rings. The molecule has 0 bridgehead atoms. The summed E-state index contributed by atoms with van der Waals surface area (Å²) >= 11 is 0. The van der Waals surface area contributed by atoms with E-state index in [1.165, 1.54) is 12.8 Å². The number of carbonyl (C=O) groups excluding carboxylic acids is 1. The van der Waals surface area contributed by atoms with Gasteiger partial charge in [-0.3, -0.25) is 0 Å². The minimum Gasteiger partial charge on any atom is -0.448 e. The van der Waals surface area contributed by atoms with E-state index >= 15 is 0 Å². The van der Waals surface area contributed by atoms with Crippen molar-refractivity contribution in [3.05, 3.63) is 0 Å². The van der Waals surface area contributed by atoms with Crippen molar-refractivity contribution in [3.8, 4) is 0 Å². The van der Waals surface area contributed by atoms with Gasteiger partial charge < -0.3 is 15.0 Å². The highest BCUT2D eigenvalue weighted by Crippen LogP contribution is 2.52. The number of amides is 1. The molecule has 20 heavy (non-hydrogen) atoms. The Morgan fingerprint density at radius 2 is 1.90 bits per heavy atom. The number of nitrogens with zero attached hydrogens (tertiary/aromatic N) is 1. The Labute approximate surface area is 124 Å². The van der Waals surface area contributed by atoms with Gasteiger partial charge >= 0.3 is 6.09 Å². The molecule has 0 heterocycles. The van der Waals surface area contributed by atoms with Crippen LogP contribution in [0.3, 0.4) is 0 Å². The second kappa shape index (κ2) is 7.87. The second-order valence-electron chi connectivity index (χ2n) is 6.40. The number of hydrogen-bond acceptors (Lipinski definition) is 3. The Kier molecular flexibility index (Phi) is 6.80.